The van der Waals surface area contributed by atoms with Crippen molar-refractivity contribution in [1.82, 2.24) is 21.3 Å². The van der Waals surface area contributed by atoms with E-state index in [1.54, 1.807) is 0 Å². The number of rotatable bonds is 13. The van der Waals surface area contributed by atoms with Crippen molar-refractivity contribution in [3.05, 3.63) is 0 Å². The molecular weight excluding hydrogens is 334 g/mol. The zero-order chi connectivity index (χ0) is 17.3. The van der Waals surface area contributed by atoms with Crippen LogP contribution in [0.25, 0.3) is 0 Å². The lowest BCUT2D eigenvalue weighted by atomic mass is 9.99. The van der Waals surface area contributed by atoms with Crippen molar-refractivity contribution in [2.24, 2.45) is 5.73 Å². The standard InChI is InChI=1S/C14H35N5S3/c1-5-17-12(2,9-20)6-18-13(3,10-21)7-19-14(15,11-22)8-16-4/h16-22H,5-11,15H2,1-4H3/t12-,13-,14-/m1/s1. The smallest absolute Gasteiger partial charge is 0.0880 e. The van der Waals surface area contributed by atoms with Crippen LogP contribution in [-0.4, -0.2) is 67.2 Å². The van der Waals surface area contributed by atoms with Crippen molar-refractivity contribution in [3.63, 3.8) is 0 Å². The van der Waals surface area contributed by atoms with Crippen molar-refractivity contribution in [2.45, 2.75) is 37.5 Å². The van der Waals surface area contributed by atoms with Crippen LogP contribution in [0.3, 0.4) is 0 Å². The molecule has 0 radical (unpaired) electrons. The summed E-state index contributed by atoms with van der Waals surface area (Å²) >= 11 is 13.3. The minimum atomic E-state index is -0.529. The maximum Gasteiger partial charge on any atom is 0.0880 e. The number of hydrogen-bond donors (Lipinski definition) is 8. The maximum atomic E-state index is 6.30. The van der Waals surface area contributed by atoms with Gasteiger partial charge in [0, 0.05) is 48.0 Å². The van der Waals surface area contributed by atoms with Gasteiger partial charge in [-0.25, -0.2) is 0 Å². The third-order valence-corrected chi connectivity index (χ3v) is 5.77. The first-order valence-corrected chi connectivity index (χ1v) is 9.63. The zero-order valence-electron chi connectivity index (χ0n) is 14.4. The van der Waals surface area contributed by atoms with Crippen LogP contribution in [0.2, 0.25) is 0 Å². The second-order valence-corrected chi connectivity index (χ2v) is 7.47. The lowest BCUT2D eigenvalue weighted by Crippen LogP contribution is -2.67. The van der Waals surface area contributed by atoms with E-state index in [0.29, 0.717) is 24.6 Å². The van der Waals surface area contributed by atoms with Crippen LogP contribution >= 0.6 is 37.9 Å². The van der Waals surface area contributed by atoms with Crippen molar-refractivity contribution >= 4 is 37.9 Å². The van der Waals surface area contributed by atoms with Crippen molar-refractivity contribution in [3.8, 4) is 0 Å². The summed E-state index contributed by atoms with van der Waals surface area (Å²) in [7, 11) is 1.89. The van der Waals surface area contributed by atoms with Gasteiger partial charge in [-0.2, -0.15) is 37.9 Å². The number of likely N-dealkylation sites (N-methyl/N-ethyl adjacent to an activating group) is 2. The minimum Gasteiger partial charge on any atom is -0.317 e. The Labute approximate surface area is 152 Å². The SMILES string of the molecule is CCN[C@@](C)(CS)CN[C@@](C)(CS)CN[C@@](N)(CS)CNC. The van der Waals surface area contributed by atoms with Crippen LogP contribution < -0.4 is 27.0 Å². The Bertz CT molecular complexity index is 284. The summed E-state index contributed by atoms with van der Waals surface area (Å²) in [6.07, 6.45) is 0. The Morgan fingerprint density at radius 3 is 1.73 bits per heavy atom. The van der Waals surface area contributed by atoms with Crippen molar-refractivity contribution < 1.29 is 0 Å². The highest BCUT2D eigenvalue weighted by molar-refractivity contribution is 7.80. The molecule has 22 heavy (non-hydrogen) atoms. The number of nitrogens with two attached hydrogens (primary N) is 1. The molecule has 8 heteroatoms. The molecule has 5 nitrogen and oxygen atoms in total. The van der Waals surface area contributed by atoms with Gasteiger partial charge in [-0.3, -0.25) is 5.32 Å². The Kier molecular flexibility index (Phi) is 11.1. The summed E-state index contributed by atoms with van der Waals surface area (Å²) in [5.41, 5.74) is 5.56. The molecule has 0 unspecified atom stereocenters. The second kappa shape index (κ2) is 10.7. The highest BCUT2D eigenvalue weighted by Crippen LogP contribution is 2.11. The van der Waals surface area contributed by atoms with Gasteiger partial charge in [0.05, 0.1) is 5.66 Å². The van der Waals surface area contributed by atoms with Crippen LogP contribution in [0.4, 0.5) is 0 Å². The van der Waals surface area contributed by atoms with Gasteiger partial charge in [-0.1, -0.05) is 6.92 Å². The van der Waals surface area contributed by atoms with Crippen molar-refractivity contribution in [1.29, 1.82) is 0 Å². The van der Waals surface area contributed by atoms with E-state index < -0.39 is 5.66 Å². The maximum absolute atomic E-state index is 6.30. The average Bonchev–Trinajstić information content (AvgIpc) is 2.52. The molecule has 0 bridgehead atoms. The number of nitrogens with one attached hydrogen (secondary N) is 4. The molecule has 0 spiro atoms. The van der Waals surface area contributed by atoms with Gasteiger partial charge in [0.2, 0.25) is 0 Å². The molecule has 0 aromatic carbocycles. The van der Waals surface area contributed by atoms with E-state index in [2.05, 4.69) is 79.9 Å². The summed E-state index contributed by atoms with van der Waals surface area (Å²) in [4.78, 5) is 0. The van der Waals surface area contributed by atoms with E-state index in [0.717, 1.165) is 18.8 Å². The predicted octanol–water partition coefficient (Wildman–Crippen LogP) is -0.0437. The molecule has 0 rings (SSSR count). The quantitative estimate of drug-likeness (QED) is 0.173. The number of hydrogen-bond acceptors (Lipinski definition) is 8. The Morgan fingerprint density at radius 1 is 0.818 bits per heavy atom. The normalized spacial score (nSPS) is 20.2. The molecule has 3 atom stereocenters. The zero-order valence-corrected chi connectivity index (χ0v) is 17.1. The third kappa shape index (κ3) is 8.10. The molecule has 0 saturated carbocycles. The van der Waals surface area contributed by atoms with Gasteiger partial charge in [0.25, 0.3) is 0 Å². The summed E-state index contributed by atoms with van der Waals surface area (Å²) in [5, 5.41) is 13.6. The highest BCUT2D eigenvalue weighted by atomic mass is 32.1. The van der Waals surface area contributed by atoms with Crippen LogP contribution in [0.1, 0.15) is 20.8 Å². The topological polar surface area (TPSA) is 74.1 Å². The van der Waals surface area contributed by atoms with E-state index >= 15 is 0 Å². The van der Waals surface area contributed by atoms with Gasteiger partial charge in [0.15, 0.2) is 0 Å². The summed E-state index contributed by atoms with van der Waals surface area (Å²) in [6, 6.07) is 0. The third-order valence-electron chi connectivity index (χ3n) is 3.81. The number of thiol groups is 3. The van der Waals surface area contributed by atoms with Crippen LogP contribution in [0.5, 0.6) is 0 Å². The average molecular weight is 370 g/mol. The lowest BCUT2D eigenvalue weighted by molar-refractivity contribution is 0.269. The Hall–Kier alpha value is 0.850. The fourth-order valence-electron chi connectivity index (χ4n) is 2.04. The van der Waals surface area contributed by atoms with Gasteiger partial charge in [-0.05, 0) is 27.4 Å². The molecule has 0 aromatic heterocycles. The summed E-state index contributed by atoms with van der Waals surface area (Å²) in [6.45, 7) is 9.53. The van der Waals surface area contributed by atoms with Gasteiger partial charge >= 0.3 is 0 Å². The lowest BCUT2D eigenvalue weighted by Gasteiger charge is -2.39. The van der Waals surface area contributed by atoms with Crippen LogP contribution in [0.15, 0.2) is 0 Å². The summed E-state index contributed by atoms with van der Waals surface area (Å²) < 4.78 is 0. The molecule has 0 aromatic rings. The fraction of sp³-hybridized carbons (Fsp3) is 1.00. The molecule has 0 aliphatic heterocycles. The molecular formula is C14H35N5S3. The van der Waals surface area contributed by atoms with Crippen molar-refractivity contribution in [2.75, 3.05) is 50.5 Å². The van der Waals surface area contributed by atoms with Gasteiger partial charge in [0.1, 0.15) is 0 Å². The van der Waals surface area contributed by atoms with Crippen LogP contribution in [0, 0.1) is 0 Å². The molecule has 0 heterocycles. The molecule has 0 aliphatic rings. The molecule has 0 amide bonds. The van der Waals surface area contributed by atoms with E-state index in [9.17, 15) is 0 Å². The molecule has 0 fully saturated rings. The predicted molar refractivity (Wildman–Crippen MR) is 109 cm³/mol. The largest absolute Gasteiger partial charge is 0.317 e. The van der Waals surface area contributed by atoms with Crippen LogP contribution in [-0.2, 0) is 0 Å². The first-order chi connectivity index (χ1) is 10.2. The first-order valence-electron chi connectivity index (χ1n) is 7.73. The Balaban J connectivity index is 4.63. The minimum absolute atomic E-state index is 0.0452. The van der Waals surface area contributed by atoms with E-state index in [4.69, 9.17) is 5.73 Å². The van der Waals surface area contributed by atoms with Gasteiger partial charge in [-0.15, -0.1) is 0 Å². The van der Waals surface area contributed by atoms with E-state index in [1.165, 1.54) is 0 Å². The van der Waals surface area contributed by atoms with Gasteiger partial charge < -0.3 is 21.7 Å². The highest BCUT2D eigenvalue weighted by Gasteiger charge is 2.31. The van der Waals surface area contributed by atoms with E-state index in [1.807, 2.05) is 7.05 Å². The molecule has 134 valence electrons. The second-order valence-electron chi connectivity index (χ2n) is 6.52. The first kappa shape index (κ1) is 22.9. The fourth-order valence-corrected chi connectivity index (χ4v) is 2.72. The summed E-state index contributed by atoms with van der Waals surface area (Å²) in [5.74, 6) is 2.03. The monoisotopic (exact) mass is 369 g/mol. The Morgan fingerprint density at radius 2 is 1.32 bits per heavy atom. The molecule has 0 saturated heterocycles. The molecule has 0 aliphatic carbocycles. The molecule has 6 N–H and O–H groups in total. The van der Waals surface area contributed by atoms with E-state index in [-0.39, 0.29) is 11.1 Å².